The molecule has 1 N–H and O–H groups in total. The van der Waals surface area contributed by atoms with Gasteiger partial charge in [-0.1, -0.05) is 0 Å². The van der Waals surface area contributed by atoms with Gasteiger partial charge >= 0.3 is 6.03 Å². The van der Waals surface area contributed by atoms with Crippen molar-refractivity contribution in [3.8, 4) is 0 Å². The van der Waals surface area contributed by atoms with Gasteiger partial charge in [-0.2, -0.15) is 0 Å². The van der Waals surface area contributed by atoms with Gasteiger partial charge in [0.1, 0.15) is 0 Å². The molecular weight excluding hydrogens is 258 g/mol. The molecule has 2 rings (SSSR count). The maximum atomic E-state index is 12.1. The third-order valence-corrected chi connectivity index (χ3v) is 3.07. The Kier molecular flexibility index (Phi) is 4.01. The molecule has 0 aromatic carbocycles. The van der Waals surface area contributed by atoms with Crippen LogP contribution in [0.25, 0.3) is 0 Å². The van der Waals surface area contributed by atoms with Crippen LogP contribution in [0.1, 0.15) is 31.3 Å². The number of carbonyl (C=O) groups excluding carboxylic acids is 2. The Morgan fingerprint density at radius 3 is 2.25 bits per heavy atom. The lowest BCUT2D eigenvalue weighted by Crippen LogP contribution is -2.55. The molecule has 0 atom stereocenters. The van der Waals surface area contributed by atoms with Crippen molar-refractivity contribution in [1.82, 2.24) is 15.1 Å². The van der Waals surface area contributed by atoms with Crippen LogP contribution in [0.2, 0.25) is 0 Å². The Balaban J connectivity index is 1.86. The van der Waals surface area contributed by atoms with E-state index in [1.807, 2.05) is 20.8 Å². The Bertz CT molecular complexity index is 468. The van der Waals surface area contributed by atoms with Crippen LogP contribution in [-0.2, 0) is 0 Å². The van der Waals surface area contributed by atoms with E-state index in [0.29, 0.717) is 31.9 Å². The monoisotopic (exact) mass is 279 g/mol. The van der Waals surface area contributed by atoms with Crippen molar-refractivity contribution in [2.45, 2.75) is 26.3 Å². The van der Waals surface area contributed by atoms with Crippen molar-refractivity contribution in [3.05, 3.63) is 24.2 Å². The van der Waals surface area contributed by atoms with Gasteiger partial charge in [0.2, 0.25) is 0 Å². The van der Waals surface area contributed by atoms with Crippen LogP contribution >= 0.6 is 0 Å². The highest BCUT2D eigenvalue weighted by molar-refractivity contribution is 5.91. The molecule has 1 aliphatic rings. The molecule has 6 heteroatoms. The SMILES string of the molecule is CC(C)(C)NC(=O)N1CCN(C(=O)c2ccco2)CC1. The summed E-state index contributed by atoms with van der Waals surface area (Å²) in [6, 6.07) is 3.27. The number of furan rings is 1. The van der Waals surface area contributed by atoms with E-state index in [1.165, 1.54) is 6.26 Å². The lowest BCUT2D eigenvalue weighted by molar-refractivity contribution is 0.0630. The lowest BCUT2D eigenvalue weighted by Gasteiger charge is -2.36. The van der Waals surface area contributed by atoms with Crippen LogP contribution in [0, 0.1) is 0 Å². The molecule has 1 aromatic rings. The predicted octanol–water partition coefficient (Wildman–Crippen LogP) is 1.55. The van der Waals surface area contributed by atoms with Crippen LogP contribution in [0.3, 0.4) is 0 Å². The average Bonchev–Trinajstić information content (AvgIpc) is 2.90. The van der Waals surface area contributed by atoms with Gasteiger partial charge in [-0.15, -0.1) is 0 Å². The van der Waals surface area contributed by atoms with Gasteiger partial charge in [-0.3, -0.25) is 4.79 Å². The first-order chi connectivity index (χ1) is 9.37. The van der Waals surface area contributed by atoms with Crippen molar-refractivity contribution in [1.29, 1.82) is 0 Å². The maximum absolute atomic E-state index is 12.1. The van der Waals surface area contributed by atoms with E-state index in [-0.39, 0.29) is 17.5 Å². The van der Waals surface area contributed by atoms with Crippen LogP contribution in [0.4, 0.5) is 4.79 Å². The normalized spacial score (nSPS) is 16.1. The molecule has 1 aromatic heterocycles. The second-order valence-corrected chi connectivity index (χ2v) is 5.94. The number of carbonyl (C=O) groups is 2. The molecule has 1 fully saturated rings. The first-order valence-corrected chi connectivity index (χ1v) is 6.77. The molecule has 0 unspecified atom stereocenters. The van der Waals surface area contributed by atoms with Crippen molar-refractivity contribution in [2.24, 2.45) is 0 Å². The smallest absolute Gasteiger partial charge is 0.317 e. The van der Waals surface area contributed by atoms with Crippen LogP contribution < -0.4 is 5.32 Å². The molecule has 2 heterocycles. The maximum Gasteiger partial charge on any atom is 0.317 e. The minimum atomic E-state index is -0.252. The lowest BCUT2D eigenvalue weighted by atomic mass is 10.1. The summed E-state index contributed by atoms with van der Waals surface area (Å²) in [7, 11) is 0. The summed E-state index contributed by atoms with van der Waals surface area (Å²) in [5.74, 6) is 0.225. The van der Waals surface area contributed by atoms with Gasteiger partial charge in [0.25, 0.3) is 5.91 Å². The van der Waals surface area contributed by atoms with E-state index in [4.69, 9.17) is 4.42 Å². The average molecular weight is 279 g/mol. The fourth-order valence-electron chi connectivity index (χ4n) is 2.07. The molecule has 110 valence electrons. The van der Waals surface area contributed by atoms with Crippen molar-refractivity contribution in [2.75, 3.05) is 26.2 Å². The van der Waals surface area contributed by atoms with Crippen molar-refractivity contribution >= 4 is 11.9 Å². The zero-order chi connectivity index (χ0) is 14.8. The summed E-state index contributed by atoms with van der Waals surface area (Å²) in [6.45, 7) is 7.96. The largest absolute Gasteiger partial charge is 0.459 e. The third-order valence-electron chi connectivity index (χ3n) is 3.07. The summed E-state index contributed by atoms with van der Waals surface area (Å²) in [5, 5.41) is 2.93. The first-order valence-electron chi connectivity index (χ1n) is 6.77. The Hall–Kier alpha value is -1.98. The second kappa shape index (κ2) is 5.56. The molecule has 0 spiro atoms. The summed E-state index contributed by atoms with van der Waals surface area (Å²) in [4.78, 5) is 27.5. The number of rotatable bonds is 1. The predicted molar refractivity (Wildman–Crippen MR) is 74.5 cm³/mol. The summed E-state index contributed by atoms with van der Waals surface area (Å²) in [6.07, 6.45) is 1.49. The van der Waals surface area contributed by atoms with Crippen LogP contribution in [0.5, 0.6) is 0 Å². The van der Waals surface area contributed by atoms with Gasteiger partial charge in [0, 0.05) is 31.7 Å². The fourth-order valence-corrected chi connectivity index (χ4v) is 2.07. The number of amides is 3. The Morgan fingerprint density at radius 1 is 1.15 bits per heavy atom. The Labute approximate surface area is 118 Å². The topological polar surface area (TPSA) is 65.8 Å². The van der Waals surface area contributed by atoms with E-state index < -0.39 is 0 Å². The highest BCUT2D eigenvalue weighted by atomic mass is 16.3. The van der Waals surface area contributed by atoms with Gasteiger partial charge in [-0.25, -0.2) is 4.79 Å². The van der Waals surface area contributed by atoms with Crippen molar-refractivity contribution < 1.29 is 14.0 Å². The number of urea groups is 1. The molecule has 20 heavy (non-hydrogen) atoms. The highest BCUT2D eigenvalue weighted by Crippen LogP contribution is 2.10. The van der Waals surface area contributed by atoms with Gasteiger partial charge in [-0.05, 0) is 32.9 Å². The molecule has 0 saturated carbocycles. The standard InChI is InChI=1S/C14H21N3O3/c1-14(2,3)15-13(19)17-8-6-16(7-9-17)12(18)11-5-4-10-20-11/h4-5,10H,6-9H2,1-3H3,(H,15,19). The number of piperazine rings is 1. The number of hydrogen-bond donors (Lipinski definition) is 1. The summed E-state index contributed by atoms with van der Waals surface area (Å²) < 4.78 is 5.10. The summed E-state index contributed by atoms with van der Waals surface area (Å²) in [5.41, 5.74) is -0.252. The van der Waals surface area contributed by atoms with E-state index in [1.54, 1.807) is 21.9 Å². The quantitative estimate of drug-likeness (QED) is 0.848. The second-order valence-electron chi connectivity index (χ2n) is 5.94. The number of hydrogen-bond acceptors (Lipinski definition) is 3. The molecule has 6 nitrogen and oxygen atoms in total. The minimum Gasteiger partial charge on any atom is -0.459 e. The first kappa shape index (κ1) is 14.4. The van der Waals surface area contributed by atoms with Crippen LogP contribution in [-0.4, -0.2) is 53.5 Å². The molecule has 1 aliphatic heterocycles. The minimum absolute atomic E-state index is 0.0809. The molecule has 0 aliphatic carbocycles. The van der Waals surface area contributed by atoms with Crippen molar-refractivity contribution in [3.63, 3.8) is 0 Å². The fraction of sp³-hybridized carbons (Fsp3) is 0.571. The zero-order valence-corrected chi connectivity index (χ0v) is 12.2. The number of nitrogens with one attached hydrogen (secondary N) is 1. The molecule has 1 saturated heterocycles. The molecule has 0 radical (unpaired) electrons. The highest BCUT2D eigenvalue weighted by Gasteiger charge is 2.27. The number of nitrogens with zero attached hydrogens (tertiary/aromatic N) is 2. The summed E-state index contributed by atoms with van der Waals surface area (Å²) >= 11 is 0. The third kappa shape index (κ3) is 3.53. The van der Waals surface area contributed by atoms with Gasteiger partial charge in [0.15, 0.2) is 5.76 Å². The molecule has 3 amide bonds. The Morgan fingerprint density at radius 2 is 1.75 bits per heavy atom. The van der Waals surface area contributed by atoms with E-state index in [2.05, 4.69) is 5.32 Å². The van der Waals surface area contributed by atoms with E-state index in [0.717, 1.165) is 0 Å². The molecular formula is C14H21N3O3. The van der Waals surface area contributed by atoms with E-state index >= 15 is 0 Å². The van der Waals surface area contributed by atoms with E-state index in [9.17, 15) is 9.59 Å². The van der Waals surface area contributed by atoms with Crippen LogP contribution in [0.15, 0.2) is 22.8 Å². The zero-order valence-electron chi connectivity index (χ0n) is 12.2. The van der Waals surface area contributed by atoms with Gasteiger partial charge < -0.3 is 19.5 Å². The van der Waals surface area contributed by atoms with Gasteiger partial charge in [0.05, 0.1) is 6.26 Å². The molecule has 0 bridgehead atoms.